The molecule has 0 saturated carbocycles. The van der Waals surface area contributed by atoms with E-state index < -0.39 is 0 Å². The highest BCUT2D eigenvalue weighted by Crippen LogP contribution is 2.25. The van der Waals surface area contributed by atoms with E-state index in [1.807, 2.05) is 4.90 Å². The van der Waals surface area contributed by atoms with Crippen molar-refractivity contribution in [3.8, 4) is 0 Å². The lowest BCUT2D eigenvalue weighted by atomic mass is 9.94. The summed E-state index contributed by atoms with van der Waals surface area (Å²) in [7, 11) is 0. The van der Waals surface area contributed by atoms with Crippen LogP contribution < -0.4 is 5.32 Å². The van der Waals surface area contributed by atoms with E-state index in [-0.39, 0.29) is 11.7 Å². The van der Waals surface area contributed by atoms with Gasteiger partial charge in [0.05, 0.1) is 11.0 Å². The molecule has 0 spiro atoms. The van der Waals surface area contributed by atoms with Crippen LogP contribution in [0.25, 0.3) is 11.0 Å². The van der Waals surface area contributed by atoms with Gasteiger partial charge in [-0.2, -0.15) is 0 Å². The first-order valence-corrected chi connectivity index (χ1v) is 8.34. The number of aromatic amines is 1. The molecule has 3 heterocycles. The number of carbonyl (C=O) groups is 1. The average Bonchev–Trinajstić information content (AvgIpc) is 3.15. The number of nitrogens with zero attached hydrogens (tertiary/aromatic N) is 2. The van der Waals surface area contributed by atoms with Gasteiger partial charge in [0, 0.05) is 32.0 Å². The van der Waals surface area contributed by atoms with E-state index in [1.165, 1.54) is 25.0 Å². The zero-order chi connectivity index (χ0) is 15.8. The number of carbonyl (C=O) groups excluding carboxylic acids is 1. The van der Waals surface area contributed by atoms with Gasteiger partial charge in [-0.15, -0.1) is 0 Å². The maximum absolute atomic E-state index is 13.2. The number of H-pyrrole nitrogens is 1. The summed E-state index contributed by atoms with van der Waals surface area (Å²) < 4.78 is 13.2. The molecule has 2 fully saturated rings. The maximum atomic E-state index is 13.2. The summed E-state index contributed by atoms with van der Waals surface area (Å²) >= 11 is 0. The van der Waals surface area contributed by atoms with Gasteiger partial charge >= 0.3 is 0 Å². The van der Waals surface area contributed by atoms with Crippen LogP contribution in [0, 0.1) is 11.7 Å². The maximum Gasteiger partial charge on any atom is 0.223 e. The zero-order valence-corrected chi connectivity index (χ0v) is 13.0. The highest BCUT2D eigenvalue weighted by atomic mass is 19.1. The minimum atomic E-state index is -0.282. The molecule has 1 aromatic carbocycles. The fourth-order valence-electron chi connectivity index (χ4n) is 3.79. The molecule has 2 aromatic rings. The van der Waals surface area contributed by atoms with E-state index in [9.17, 15) is 9.18 Å². The van der Waals surface area contributed by atoms with Gasteiger partial charge in [0.15, 0.2) is 0 Å². The molecule has 2 saturated heterocycles. The minimum Gasteiger partial charge on any atom is -0.342 e. The van der Waals surface area contributed by atoms with Crippen LogP contribution in [0.1, 0.15) is 25.1 Å². The van der Waals surface area contributed by atoms with Crippen LogP contribution in [0.2, 0.25) is 0 Å². The zero-order valence-electron chi connectivity index (χ0n) is 13.0. The second-order valence-electron chi connectivity index (χ2n) is 6.61. The summed E-state index contributed by atoms with van der Waals surface area (Å²) in [6.07, 6.45) is 3.44. The van der Waals surface area contributed by atoms with Crippen molar-refractivity contribution in [3.05, 3.63) is 29.8 Å². The van der Waals surface area contributed by atoms with Gasteiger partial charge in [-0.25, -0.2) is 9.37 Å². The molecule has 6 heteroatoms. The largest absolute Gasteiger partial charge is 0.342 e. The number of imidazole rings is 1. The Morgan fingerprint density at radius 2 is 2.30 bits per heavy atom. The van der Waals surface area contributed by atoms with Crippen molar-refractivity contribution in [2.24, 2.45) is 5.92 Å². The number of fused-ring (bicyclic) bond motifs is 2. The Labute approximate surface area is 134 Å². The number of likely N-dealkylation sites (tertiary alicyclic amines) is 1. The third-order valence-electron chi connectivity index (χ3n) is 5.02. The normalized spacial score (nSPS) is 24.1. The lowest BCUT2D eigenvalue weighted by molar-refractivity contribution is -0.130. The third kappa shape index (κ3) is 2.95. The van der Waals surface area contributed by atoms with Gasteiger partial charge < -0.3 is 15.2 Å². The van der Waals surface area contributed by atoms with Gasteiger partial charge in [-0.1, -0.05) is 0 Å². The Hall–Kier alpha value is -1.95. The fraction of sp³-hybridized carbons (Fsp3) is 0.529. The van der Waals surface area contributed by atoms with Crippen molar-refractivity contribution in [1.82, 2.24) is 20.2 Å². The van der Waals surface area contributed by atoms with Crippen LogP contribution in [-0.4, -0.2) is 46.5 Å². The molecule has 1 amide bonds. The number of rotatable bonds is 3. The Bertz CT molecular complexity index is 714. The second-order valence-corrected chi connectivity index (χ2v) is 6.61. The lowest BCUT2D eigenvalue weighted by Gasteiger charge is -2.24. The van der Waals surface area contributed by atoms with Crippen molar-refractivity contribution >= 4 is 16.9 Å². The number of piperidine rings is 1. The minimum absolute atomic E-state index is 0.188. The molecule has 2 N–H and O–H groups in total. The van der Waals surface area contributed by atoms with Crippen LogP contribution in [-0.2, 0) is 11.2 Å². The Morgan fingerprint density at radius 3 is 3.17 bits per heavy atom. The molecule has 2 aliphatic heterocycles. The molecular formula is C17H21FN4O. The molecule has 0 unspecified atom stereocenters. The molecule has 5 nitrogen and oxygen atoms in total. The number of halogens is 1. The van der Waals surface area contributed by atoms with Crippen LogP contribution in [0.4, 0.5) is 4.39 Å². The Balaban J connectivity index is 1.37. The molecule has 2 aliphatic rings. The first-order chi connectivity index (χ1) is 11.2. The fourth-order valence-corrected chi connectivity index (χ4v) is 3.79. The molecule has 0 bridgehead atoms. The lowest BCUT2D eigenvalue weighted by Crippen LogP contribution is -2.41. The van der Waals surface area contributed by atoms with Crippen LogP contribution in [0.3, 0.4) is 0 Å². The van der Waals surface area contributed by atoms with Gasteiger partial charge in [0.2, 0.25) is 5.91 Å². The van der Waals surface area contributed by atoms with Gasteiger partial charge in [0.1, 0.15) is 11.6 Å². The monoisotopic (exact) mass is 316 g/mol. The van der Waals surface area contributed by atoms with E-state index >= 15 is 0 Å². The van der Waals surface area contributed by atoms with Crippen molar-refractivity contribution in [1.29, 1.82) is 0 Å². The summed E-state index contributed by atoms with van der Waals surface area (Å²) in [6.45, 7) is 2.77. The number of nitrogens with one attached hydrogen (secondary N) is 2. The molecule has 2 atom stereocenters. The first kappa shape index (κ1) is 14.6. The van der Waals surface area contributed by atoms with Gasteiger partial charge in [-0.3, -0.25) is 4.79 Å². The van der Waals surface area contributed by atoms with E-state index in [0.717, 1.165) is 31.0 Å². The summed E-state index contributed by atoms with van der Waals surface area (Å²) in [5.74, 6) is 1.26. The Kier molecular flexibility index (Phi) is 3.77. The van der Waals surface area contributed by atoms with Crippen molar-refractivity contribution < 1.29 is 9.18 Å². The smallest absolute Gasteiger partial charge is 0.223 e. The average molecular weight is 316 g/mol. The molecule has 1 aromatic heterocycles. The summed E-state index contributed by atoms with van der Waals surface area (Å²) in [6, 6.07) is 4.96. The number of amides is 1. The topological polar surface area (TPSA) is 61.0 Å². The molecule has 0 aliphatic carbocycles. The highest BCUT2D eigenvalue weighted by molar-refractivity contribution is 5.77. The van der Waals surface area contributed by atoms with E-state index in [2.05, 4.69) is 15.3 Å². The standard InChI is InChI=1S/C17H21FN4O/c18-12-3-4-13-14(8-12)21-16(20-13)5-6-17(23)22-9-11-2-1-7-19-15(11)10-22/h3-4,8,11,15,19H,1-2,5-7,9-10H2,(H,20,21)/t11-,15+/m0/s1. The molecule has 23 heavy (non-hydrogen) atoms. The predicted molar refractivity (Wildman–Crippen MR) is 85.5 cm³/mol. The van der Waals surface area contributed by atoms with E-state index in [1.54, 1.807) is 6.07 Å². The Morgan fingerprint density at radius 1 is 1.39 bits per heavy atom. The van der Waals surface area contributed by atoms with Crippen LogP contribution >= 0.6 is 0 Å². The first-order valence-electron chi connectivity index (χ1n) is 8.34. The number of aromatic nitrogens is 2. The van der Waals surface area contributed by atoms with Gasteiger partial charge in [-0.05, 0) is 43.5 Å². The quantitative estimate of drug-likeness (QED) is 0.908. The molecular weight excluding hydrogens is 295 g/mol. The number of hydrogen-bond donors (Lipinski definition) is 2. The van der Waals surface area contributed by atoms with Crippen molar-refractivity contribution in [3.63, 3.8) is 0 Å². The predicted octanol–water partition coefficient (Wildman–Crippen LogP) is 1.84. The van der Waals surface area contributed by atoms with Crippen molar-refractivity contribution in [2.45, 2.75) is 31.7 Å². The number of hydrogen-bond acceptors (Lipinski definition) is 3. The summed E-state index contributed by atoms with van der Waals surface area (Å²) in [5, 5.41) is 3.51. The third-order valence-corrected chi connectivity index (χ3v) is 5.02. The van der Waals surface area contributed by atoms with Gasteiger partial charge in [0.25, 0.3) is 0 Å². The van der Waals surface area contributed by atoms with Crippen LogP contribution in [0.15, 0.2) is 18.2 Å². The SMILES string of the molecule is O=C(CCc1nc2ccc(F)cc2[nH]1)N1C[C@@H]2CCCN[C@@H]2C1. The summed E-state index contributed by atoms with van der Waals surface area (Å²) in [5.41, 5.74) is 1.43. The highest BCUT2D eigenvalue weighted by Gasteiger charge is 2.36. The van der Waals surface area contributed by atoms with Crippen LogP contribution in [0.5, 0.6) is 0 Å². The number of aryl methyl sites for hydroxylation is 1. The summed E-state index contributed by atoms with van der Waals surface area (Å²) in [4.78, 5) is 21.9. The van der Waals surface area contributed by atoms with Crippen molar-refractivity contribution in [2.75, 3.05) is 19.6 Å². The molecule has 0 radical (unpaired) electrons. The molecule has 122 valence electrons. The van der Waals surface area contributed by atoms with E-state index in [4.69, 9.17) is 0 Å². The second kappa shape index (κ2) is 5.92. The molecule has 4 rings (SSSR count). The van der Waals surface area contributed by atoms with E-state index in [0.29, 0.717) is 30.3 Å². The number of benzene rings is 1.